The van der Waals surface area contributed by atoms with Crippen molar-refractivity contribution >= 4 is 6.29 Å². The van der Waals surface area contributed by atoms with E-state index in [-0.39, 0.29) is 0 Å². The fraction of sp³-hybridized carbons (Fsp3) is 0.0833. The van der Waals surface area contributed by atoms with Gasteiger partial charge in [-0.1, -0.05) is 24.3 Å². The third-order valence-corrected chi connectivity index (χ3v) is 2.15. The molecule has 0 saturated carbocycles. The summed E-state index contributed by atoms with van der Waals surface area (Å²) in [4.78, 5) is 18.3. The summed E-state index contributed by atoms with van der Waals surface area (Å²) in [6, 6.07) is 9.65. The minimum atomic E-state index is 0.462. The van der Waals surface area contributed by atoms with Gasteiger partial charge < -0.3 is 4.79 Å². The van der Waals surface area contributed by atoms with Gasteiger partial charge >= 0.3 is 0 Å². The Bertz CT molecular complexity index is 437. The molecule has 0 unspecified atom stereocenters. The van der Waals surface area contributed by atoms with E-state index < -0.39 is 0 Å². The second-order valence-electron chi connectivity index (χ2n) is 3.16. The number of carbonyl (C=O) groups excluding carboxylic acids is 1. The van der Waals surface area contributed by atoms with Crippen molar-refractivity contribution in [2.24, 2.45) is 0 Å². The zero-order chi connectivity index (χ0) is 10.5. The molecule has 0 aliphatic heterocycles. The molecule has 3 nitrogen and oxygen atoms in total. The van der Waals surface area contributed by atoms with Gasteiger partial charge in [0.25, 0.3) is 0 Å². The Hall–Kier alpha value is -2.03. The van der Waals surface area contributed by atoms with Gasteiger partial charge in [-0.05, 0) is 11.6 Å². The molecule has 2 rings (SSSR count). The predicted molar refractivity (Wildman–Crippen MR) is 57.2 cm³/mol. The highest BCUT2D eigenvalue weighted by molar-refractivity contribution is 5.61. The Labute approximate surface area is 87.8 Å². The SMILES string of the molecule is O=CCc1ccc(-c2ccncn2)cc1. The van der Waals surface area contributed by atoms with Crippen molar-refractivity contribution in [2.75, 3.05) is 0 Å². The Balaban J connectivity index is 2.28. The van der Waals surface area contributed by atoms with Gasteiger partial charge in [-0.15, -0.1) is 0 Å². The number of benzene rings is 1. The summed E-state index contributed by atoms with van der Waals surface area (Å²) >= 11 is 0. The summed E-state index contributed by atoms with van der Waals surface area (Å²) in [6.07, 6.45) is 4.60. The highest BCUT2D eigenvalue weighted by Gasteiger charge is 1.98. The second-order valence-corrected chi connectivity index (χ2v) is 3.16. The fourth-order valence-corrected chi connectivity index (χ4v) is 1.37. The first-order chi connectivity index (χ1) is 7.40. The van der Waals surface area contributed by atoms with Crippen LogP contribution in [0, 0.1) is 0 Å². The summed E-state index contributed by atoms with van der Waals surface area (Å²) in [5.74, 6) is 0. The standard InChI is InChI=1S/C12H10N2O/c15-8-6-10-1-3-11(4-2-10)12-5-7-13-9-14-12/h1-5,7-9H,6H2. The molecule has 2 aromatic rings. The lowest BCUT2D eigenvalue weighted by Gasteiger charge is -2.00. The Morgan fingerprint density at radius 3 is 2.53 bits per heavy atom. The molecule has 0 N–H and O–H groups in total. The first kappa shape index (κ1) is 9.52. The van der Waals surface area contributed by atoms with Crippen LogP contribution in [0.4, 0.5) is 0 Å². The van der Waals surface area contributed by atoms with E-state index in [4.69, 9.17) is 0 Å². The van der Waals surface area contributed by atoms with E-state index in [1.165, 1.54) is 6.33 Å². The van der Waals surface area contributed by atoms with Gasteiger partial charge in [0, 0.05) is 18.2 Å². The number of aldehydes is 1. The monoisotopic (exact) mass is 198 g/mol. The highest BCUT2D eigenvalue weighted by atomic mass is 16.1. The third-order valence-electron chi connectivity index (χ3n) is 2.15. The molecule has 3 heteroatoms. The maximum absolute atomic E-state index is 10.3. The van der Waals surface area contributed by atoms with Gasteiger partial charge in [-0.2, -0.15) is 0 Å². The summed E-state index contributed by atoms with van der Waals surface area (Å²) in [6.45, 7) is 0. The van der Waals surface area contributed by atoms with Crippen LogP contribution in [0.1, 0.15) is 5.56 Å². The van der Waals surface area contributed by atoms with Gasteiger partial charge in [0.15, 0.2) is 0 Å². The van der Waals surface area contributed by atoms with E-state index in [2.05, 4.69) is 9.97 Å². The third kappa shape index (κ3) is 2.26. The summed E-state index contributed by atoms with van der Waals surface area (Å²) in [5, 5.41) is 0. The lowest BCUT2D eigenvalue weighted by atomic mass is 10.1. The van der Waals surface area contributed by atoms with Crippen molar-refractivity contribution in [3.05, 3.63) is 48.4 Å². The van der Waals surface area contributed by atoms with Gasteiger partial charge in [-0.3, -0.25) is 0 Å². The van der Waals surface area contributed by atoms with Crippen LogP contribution in [-0.4, -0.2) is 16.3 Å². The van der Waals surface area contributed by atoms with Crippen LogP contribution >= 0.6 is 0 Å². The average Bonchev–Trinajstić information content (AvgIpc) is 2.32. The van der Waals surface area contributed by atoms with Gasteiger partial charge in [0.1, 0.15) is 12.6 Å². The van der Waals surface area contributed by atoms with Crippen molar-refractivity contribution in [1.82, 2.24) is 9.97 Å². The highest BCUT2D eigenvalue weighted by Crippen LogP contribution is 2.16. The molecule has 0 radical (unpaired) electrons. The van der Waals surface area contributed by atoms with E-state index in [1.54, 1.807) is 6.20 Å². The van der Waals surface area contributed by atoms with Crippen molar-refractivity contribution in [3.8, 4) is 11.3 Å². The number of hydrogen-bond acceptors (Lipinski definition) is 3. The molecule has 0 saturated heterocycles. The number of hydrogen-bond donors (Lipinski definition) is 0. The van der Waals surface area contributed by atoms with Crippen LogP contribution in [0.2, 0.25) is 0 Å². The molecule has 1 aromatic heterocycles. The normalized spacial score (nSPS) is 9.87. The molecule has 0 amide bonds. The maximum Gasteiger partial charge on any atom is 0.124 e. The lowest BCUT2D eigenvalue weighted by Crippen LogP contribution is -1.87. The van der Waals surface area contributed by atoms with Crippen LogP contribution in [0.5, 0.6) is 0 Å². The smallest absolute Gasteiger partial charge is 0.124 e. The quantitative estimate of drug-likeness (QED) is 0.707. The van der Waals surface area contributed by atoms with Gasteiger partial charge in [-0.25, -0.2) is 9.97 Å². The largest absolute Gasteiger partial charge is 0.303 e. The molecule has 0 bridgehead atoms. The molecular formula is C12H10N2O. The van der Waals surface area contributed by atoms with Crippen LogP contribution in [0.15, 0.2) is 42.9 Å². The van der Waals surface area contributed by atoms with Crippen LogP contribution in [0.25, 0.3) is 11.3 Å². The molecular weight excluding hydrogens is 188 g/mol. The summed E-state index contributed by atoms with van der Waals surface area (Å²) in [7, 11) is 0. The zero-order valence-electron chi connectivity index (χ0n) is 8.13. The first-order valence-corrected chi connectivity index (χ1v) is 4.69. The number of rotatable bonds is 3. The maximum atomic E-state index is 10.3. The Morgan fingerprint density at radius 1 is 1.13 bits per heavy atom. The molecule has 1 heterocycles. The molecule has 1 aromatic carbocycles. The molecule has 0 aliphatic rings. The summed E-state index contributed by atoms with van der Waals surface area (Å²) < 4.78 is 0. The predicted octanol–water partition coefficient (Wildman–Crippen LogP) is 1.89. The van der Waals surface area contributed by atoms with Gasteiger partial charge in [0.05, 0.1) is 5.69 Å². The van der Waals surface area contributed by atoms with E-state index in [9.17, 15) is 4.79 Å². The fourth-order valence-electron chi connectivity index (χ4n) is 1.37. The molecule has 74 valence electrons. The molecule has 0 fully saturated rings. The summed E-state index contributed by atoms with van der Waals surface area (Å²) in [5.41, 5.74) is 2.94. The molecule has 0 spiro atoms. The minimum absolute atomic E-state index is 0.462. The van der Waals surface area contributed by atoms with Crippen LogP contribution in [-0.2, 0) is 11.2 Å². The minimum Gasteiger partial charge on any atom is -0.303 e. The molecule has 0 aliphatic carbocycles. The lowest BCUT2D eigenvalue weighted by molar-refractivity contribution is -0.107. The average molecular weight is 198 g/mol. The van der Waals surface area contributed by atoms with Crippen LogP contribution in [0.3, 0.4) is 0 Å². The van der Waals surface area contributed by atoms with E-state index in [0.717, 1.165) is 23.1 Å². The molecule has 0 atom stereocenters. The van der Waals surface area contributed by atoms with E-state index in [0.29, 0.717) is 6.42 Å². The Kier molecular flexibility index (Phi) is 2.83. The van der Waals surface area contributed by atoms with Crippen molar-refractivity contribution in [2.45, 2.75) is 6.42 Å². The van der Waals surface area contributed by atoms with Crippen molar-refractivity contribution < 1.29 is 4.79 Å². The van der Waals surface area contributed by atoms with E-state index in [1.807, 2.05) is 30.3 Å². The van der Waals surface area contributed by atoms with Gasteiger partial charge in [0.2, 0.25) is 0 Å². The molecule has 15 heavy (non-hydrogen) atoms. The van der Waals surface area contributed by atoms with E-state index >= 15 is 0 Å². The number of nitrogens with zero attached hydrogens (tertiary/aromatic N) is 2. The number of aromatic nitrogens is 2. The van der Waals surface area contributed by atoms with Crippen molar-refractivity contribution in [3.63, 3.8) is 0 Å². The zero-order valence-corrected chi connectivity index (χ0v) is 8.13. The first-order valence-electron chi connectivity index (χ1n) is 4.69. The topological polar surface area (TPSA) is 42.9 Å². The second kappa shape index (κ2) is 4.46. The van der Waals surface area contributed by atoms with Crippen LogP contribution < -0.4 is 0 Å². The number of carbonyl (C=O) groups is 1. The Morgan fingerprint density at radius 2 is 1.93 bits per heavy atom. The van der Waals surface area contributed by atoms with Crippen molar-refractivity contribution in [1.29, 1.82) is 0 Å².